The molecule has 0 saturated heterocycles. The highest BCUT2D eigenvalue weighted by Gasteiger charge is 2.22. The van der Waals surface area contributed by atoms with Crippen molar-refractivity contribution in [1.29, 1.82) is 0 Å². The average Bonchev–Trinajstić information content (AvgIpc) is 3.26. The molecule has 0 spiro atoms. The van der Waals surface area contributed by atoms with Gasteiger partial charge in [0.15, 0.2) is 5.69 Å². The van der Waals surface area contributed by atoms with Crippen molar-refractivity contribution in [3.8, 4) is 22.8 Å². The van der Waals surface area contributed by atoms with Crippen LogP contribution >= 0.6 is 10.7 Å². The Hall–Kier alpha value is -3.01. The first-order valence-electron chi connectivity index (χ1n) is 11.0. The lowest BCUT2D eigenvalue weighted by molar-refractivity contribution is 0.1000. The Labute approximate surface area is 196 Å². The Morgan fingerprint density at radius 3 is 2.64 bits per heavy atom. The van der Waals surface area contributed by atoms with Crippen LogP contribution in [0.4, 0.5) is 0 Å². The maximum absolute atomic E-state index is 11.1. The molecule has 0 radical (unpaired) electrons. The van der Waals surface area contributed by atoms with E-state index in [0.717, 1.165) is 23.4 Å². The number of nitrogens with zero attached hydrogens (tertiary/aromatic N) is 2. The minimum Gasteiger partial charge on any atom is -0.492 e. The maximum atomic E-state index is 11.1. The van der Waals surface area contributed by atoms with E-state index in [-0.39, 0.29) is 17.3 Å². The van der Waals surface area contributed by atoms with Gasteiger partial charge in [-0.05, 0) is 43.3 Å². The fourth-order valence-electron chi connectivity index (χ4n) is 3.30. The number of nitrogens with one attached hydrogen (secondary N) is 1. The Morgan fingerprint density at radius 2 is 1.94 bits per heavy atom. The predicted octanol–water partition coefficient (Wildman–Crippen LogP) is 2.98. The molecule has 176 valence electrons. The second kappa shape index (κ2) is 12.3. The number of rotatable bonds is 13. The van der Waals surface area contributed by atoms with Crippen molar-refractivity contribution in [3.63, 3.8) is 0 Å². The van der Waals surface area contributed by atoms with Crippen LogP contribution in [0.2, 0.25) is 0 Å². The van der Waals surface area contributed by atoms with Gasteiger partial charge in [0.2, 0.25) is 10.8 Å². The van der Waals surface area contributed by atoms with Gasteiger partial charge in [0, 0.05) is 30.6 Å². The first-order valence-corrected chi connectivity index (χ1v) is 12.4. The van der Waals surface area contributed by atoms with E-state index < -0.39 is 12.0 Å². The van der Waals surface area contributed by atoms with Crippen LogP contribution in [-0.2, 0) is 12.2 Å². The zero-order chi connectivity index (χ0) is 23.6. The van der Waals surface area contributed by atoms with E-state index in [2.05, 4.69) is 28.8 Å². The predicted molar refractivity (Wildman–Crippen MR) is 130 cm³/mol. The molecule has 0 saturated carbocycles. The van der Waals surface area contributed by atoms with Gasteiger partial charge in [-0.25, -0.2) is 0 Å². The zero-order valence-corrected chi connectivity index (χ0v) is 19.8. The van der Waals surface area contributed by atoms with Crippen molar-refractivity contribution in [1.82, 2.24) is 14.9 Å². The number of benzene rings is 2. The van der Waals surface area contributed by atoms with Gasteiger partial charge in [0.25, 0.3) is 0 Å². The number of aliphatic hydroxyl groups excluding tert-OH is 1. The van der Waals surface area contributed by atoms with Gasteiger partial charge < -0.3 is 25.6 Å². The van der Waals surface area contributed by atoms with Crippen LogP contribution in [0.5, 0.6) is 11.5 Å². The van der Waals surface area contributed by atoms with E-state index in [1.165, 1.54) is 4.88 Å². The van der Waals surface area contributed by atoms with Crippen LogP contribution in [0.15, 0.2) is 48.5 Å². The number of aryl methyl sites for hydroxylation is 1. The number of amides is 1. The second-order valence-electron chi connectivity index (χ2n) is 7.39. The van der Waals surface area contributed by atoms with Crippen molar-refractivity contribution in [2.75, 3.05) is 26.3 Å². The standard InChI is InChI=1S/C24H30N4O4S/c1-3-22-23(27-28-33(22)4-2)18-6-5-7-21(14-18)32-16-19(29)15-26-12-13-31-20-10-8-17(9-11-20)24(25)30/h5-11,14,19,26,29H,3-4,12-13,15-16H2,1-2H3,(H-,25,30)/p+1. The van der Waals surface area contributed by atoms with E-state index in [0.29, 0.717) is 36.8 Å². The molecule has 0 fully saturated rings. The van der Waals surface area contributed by atoms with Crippen LogP contribution in [0, 0.1) is 0 Å². The molecule has 2 atom stereocenters. The quantitative estimate of drug-likeness (QED) is 0.259. The molecule has 2 unspecified atom stereocenters. The number of nitrogens with two attached hydrogens (primary N) is 1. The topological polar surface area (TPSA) is 120 Å². The van der Waals surface area contributed by atoms with Crippen molar-refractivity contribution >= 4 is 16.6 Å². The highest BCUT2D eigenvalue weighted by molar-refractivity contribution is 7.25. The SMILES string of the molecule is CCc1c(-c2cccc(OCC(O)CNCCOc3ccc(C(N)=O)cc3)c2)nn[s+]1CC. The normalized spacial score (nSPS) is 12.4. The smallest absolute Gasteiger partial charge is 0.248 e. The first-order chi connectivity index (χ1) is 16.0. The van der Waals surface area contributed by atoms with E-state index in [9.17, 15) is 9.90 Å². The van der Waals surface area contributed by atoms with E-state index in [4.69, 9.17) is 15.2 Å². The largest absolute Gasteiger partial charge is 0.492 e. The van der Waals surface area contributed by atoms with E-state index in [1.54, 1.807) is 24.3 Å². The second-order valence-corrected chi connectivity index (χ2v) is 9.36. The molecule has 8 nitrogen and oxygen atoms in total. The van der Waals surface area contributed by atoms with Crippen molar-refractivity contribution < 1.29 is 19.4 Å². The number of aliphatic hydroxyl groups is 1. The summed E-state index contributed by atoms with van der Waals surface area (Å²) in [6.07, 6.45) is 0.267. The van der Waals surface area contributed by atoms with E-state index >= 15 is 0 Å². The summed E-state index contributed by atoms with van der Waals surface area (Å²) < 4.78 is 15.8. The highest BCUT2D eigenvalue weighted by Crippen LogP contribution is 2.33. The summed E-state index contributed by atoms with van der Waals surface area (Å²) in [5.74, 6) is 1.84. The molecule has 3 rings (SSSR count). The lowest BCUT2D eigenvalue weighted by Crippen LogP contribution is -2.33. The number of ether oxygens (including phenoxy) is 2. The lowest BCUT2D eigenvalue weighted by Gasteiger charge is -2.14. The van der Waals surface area contributed by atoms with Gasteiger partial charge in [-0.15, -0.1) is 0 Å². The zero-order valence-electron chi connectivity index (χ0n) is 19.0. The van der Waals surface area contributed by atoms with Crippen LogP contribution in [0.25, 0.3) is 11.3 Å². The minimum atomic E-state index is -0.661. The number of primary amides is 1. The molecule has 0 aliphatic heterocycles. The average molecular weight is 472 g/mol. The minimum absolute atomic E-state index is 0.121. The van der Waals surface area contributed by atoms with Gasteiger partial charge in [-0.1, -0.05) is 24.2 Å². The van der Waals surface area contributed by atoms with Crippen LogP contribution < -0.4 is 20.5 Å². The Kier molecular flexibility index (Phi) is 9.17. The molecule has 33 heavy (non-hydrogen) atoms. The summed E-state index contributed by atoms with van der Waals surface area (Å²) in [5.41, 5.74) is 7.59. The number of carbonyl (C=O) groups excluding carboxylic acids is 1. The molecule has 9 heteroatoms. The molecule has 0 aliphatic rings. The van der Waals surface area contributed by atoms with Crippen LogP contribution in [-0.4, -0.2) is 53.0 Å². The summed E-state index contributed by atoms with van der Waals surface area (Å²) >= 11 is 0. The molecule has 1 heterocycles. The number of hydrogen-bond donors (Lipinski definition) is 3. The molecular weight excluding hydrogens is 440 g/mol. The summed E-state index contributed by atoms with van der Waals surface area (Å²) in [7, 11) is -0.121. The summed E-state index contributed by atoms with van der Waals surface area (Å²) in [5, 5.41) is 17.8. The van der Waals surface area contributed by atoms with Crippen molar-refractivity contribution in [2.24, 2.45) is 5.73 Å². The van der Waals surface area contributed by atoms with Gasteiger partial charge in [0.1, 0.15) is 47.2 Å². The molecule has 4 N–H and O–H groups in total. The third-order valence-corrected chi connectivity index (χ3v) is 6.88. The fraction of sp³-hybridized carbons (Fsp3) is 0.375. The van der Waals surface area contributed by atoms with Crippen molar-refractivity contribution in [3.05, 3.63) is 59.0 Å². The molecule has 1 amide bonds. The summed E-state index contributed by atoms with van der Waals surface area (Å²) in [6, 6.07) is 14.4. The van der Waals surface area contributed by atoms with Gasteiger partial charge in [-0.3, -0.25) is 4.79 Å². The Bertz CT molecular complexity index is 1040. The number of carbonyl (C=O) groups is 1. The summed E-state index contributed by atoms with van der Waals surface area (Å²) in [6.45, 7) is 5.80. The van der Waals surface area contributed by atoms with Gasteiger partial charge in [0.05, 0.1) is 4.49 Å². The number of aromatic nitrogens is 2. The molecule has 3 aromatic rings. The van der Waals surface area contributed by atoms with E-state index in [1.807, 2.05) is 24.3 Å². The third kappa shape index (κ3) is 6.98. The van der Waals surface area contributed by atoms with Crippen molar-refractivity contribution in [2.45, 2.75) is 32.1 Å². The molecule has 0 aliphatic carbocycles. The molecule has 2 aromatic carbocycles. The highest BCUT2D eigenvalue weighted by atomic mass is 32.2. The van der Waals surface area contributed by atoms with Gasteiger partial charge in [-0.2, -0.15) is 0 Å². The van der Waals surface area contributed by atoms with Gasteiger partial charge >= 0.3 is 0 Å². The fourth-order valence-corrected chi connectivity index (χ4v) is 4.76. The third-order valence-electron chi connectivity index (χ3n) is 5.00. The Balaban J connectivity index is 1.40. The molecule has 1 aromatic heterocycles. The monoisotopic (exact) mass is 471 g/mol. The molecule has 0 bridgehead atoms. The Morgan fingerprint density at radius 1 is 1.15 bits per heavy atom. The van der Waals surface area contributed by atoms with Crippen LogP contribution in [0.3, 0.4) is 0 Å². The molecular formula is C24H31N4O4S+. The first kappa shape index (κ1) is 24.6. The maximum Gasteiger partial charge on any atom is 0.248 e. The summed E-state index contributed by atoms with van der Waals surface area (Å²) in [4.78, 5) is 12.4. The lowest BCUT2D eigenvalue weighted by atomic mass is 10.1. The van der Waals surface area contributed by atoms with Crippen LogP contribution in [0.1, 0.15) is 29.1 Å². The number of hydrogen-bond acceptors (Lipinski definition) is 7.